The lowest BCUT2D eigenvalue weighted by Crippen LogP contribution is -2.26. The van der Waals surface area contributed by atoms with Crippen molar-refractivity contribution in [3.05, 3.63) is 29.3 Å². The van der Waals surface area contributed by atoms with Gasteiger partial charge < -0.3 is 16.0 Å². The van der Waals surface area contributed by atoms with Crippen molar-refractivity contribution >= 4 is 28.9 Å². The van der Waals surface area contributed by atoms with Gasteiger partial charge in [-0.25, -0.2) is 0 Å². The highest BCUT2D eigenvalue weighted by Gasteiger charge is 2.38. The highest BCUT2D eigenvalue weighted by atomic mass is 32.1. The molecule has 3 N–H and O–H groups in total. The Morgan fingerprint density at radius 2 is 2.24 bits per heavy atom. The van der Waals surface area contributed by atoms with Crippen molar-refractivity contribution in [2.75, 3.05) is 5.32 Å². The maximum atomic E-state index is 12.2. The molecule has 0 unspecified atom stereocenters. The molecule has 5 heteroatoms. The number of nitrogens with two attached hydrogens (primary N) is 1. The molecule has 0 bridgehead atoms. The van der Waals surface area contributed by atoms with Crippen LogP contribution in [0.4, 0.5) is 5.69 Å². The molecule has 0 atom stereocenters. The Bertz CT molecular complexity index is 510. The Balaban J connectivity index is 1.97. The van der Waals surface area contributed by atoms with Crippen molar-refractivity contribution in [3.8, 4) is 0 Å². The van der Waals surface area contributed by atoms with Crippen molar-refractivity contribution < 1.29 is 4.79 Å². The molecule has 3 rings (SSSR count). The van der Waals surface area contributed by atoms with Gasteiger partial charge >= 0.3 is 0 Å². The van der Waals surface area contributed by atoms with E-state index in [-0.39, 0.29) is 11.0 Å². The SMILES string of the molecule is NC(=S)Nc1cccc2c1CN(C1CC1)C2=O. The molecule has 4 nitrogen and oxygen atoms in total. The standard InChI is InChI=1S/C12H13N3OS/c13-12(17)14-10-3-1-2-8-9(10)6-15(11(8)16)7-4-5-7/h1-3,7H,4-6H2,(H3,13,14,17). The molecule has 1 aliphatic carbocycles. The molecule has 1 aromatic rings. The summed E-state index contributed by atoms with van der Waals surface area (Å²) >= 11 is 4.84. The zero-order valence-electron chi connectivity index (χ0n) is 9.27. The third-order valence-electron chi connectivity index (χ3n) is 3.24. The first-order valence-electron chi connectivity index (χ1n) is 5.66. The van der Waals surface area contributed by atoms with Gasteiger partial charge in [0.15, 0.2) is 5.11 Å². The van der Waals surface area contributed by atoms with Crippen LogP contribution in [0, 0.1) is 0 Å². The van der Waals surface area contributed by atoms with E-state index in [4.69, 9.17) is 18.0 Å². The van der Waals surface area contributed by atoms with Crippen LogP contribution in [0.25, 0.3) is 0 Å². The molecule has 88 valence electrons. The number of carbonyl (C=O) groups excluding carboxylic acids is 1. The van der Waals surface area contributed by atoms with Gasteiger partial charge in [0.2, 0.25) is 0 Å². The van der Waals surface area contributed by atoms with Gasteiger partial charge in [-0.1, -0.05) is 6.07 Å². The summed E-state index contributed by atoms with van der Waals surface area (Å²) in [4.78, 5) is 14.1. The van der Waals surface area contributed by atoms with Crippen molar-refractivity contribution in [1.82, 2.24) is 4.90 Å². The molecule has 0 aromatic heterocycles. The molecular weight excluding hydrogens is 234 g/mol. The van der Waals surface area contributed by atoms with Crippen LogP contribution in [0.2, 0.25) is 0 Å². The van der Waals surface area contributed by atoms with E-state index in [1.807, 2.05) is 23.1 Å². The lowest BCUT2D eigenvalue weighted by Gasteiger charge is -2.14. The van der Waals surface area contributed by atoms with Gasteiger partial charge in [0, 0.05) is 29.4 Å². The molecule has 0 saturated heterocycles. The van der Waals surface area contributed by atoms with Crippen LogP contribution < -0.4 is 11.1 Å². The van der Waals surface area contributed by atoms with Gasteiger partial charge in [-0.2, -0.15) is 0 Å². The number of benzene rings is 1. The average molecular weight is 247 g/mol. The maximum Gasteiger partial charge on any atom is 0.254 e. The van der Waals surface area contributed by atoms with Gasteiger partial charge in [0.25, 0.3) is 5.91 Å². The lowest BCUT2D eigenvalue weighted by molar-refractivity contribution is 0.0767. The quantitative estimate of drug-likeness (QED) is 0.777. The number of thiocarbonyl (C=S) groups is 1. The number of nitrogens with zero attached hydrogens (tertiary/aromatic N) is 1. The molecule has 0 radical (unpaired) electrons. The number of anilines is 1. The number of amides is 1. The molecular formula is C12H13N3OS. The lowest BCUT2D eigenvalue weighted by atomic mass is 10.1. The van der Waals surface area contributed by atoms with Gasteiger partial charge in [-0.05, 0) is 37.2 Å². The molecule has 1 aromatic carbocycles. The predicted molar refractivity (Wildman–Crippen MR) is 69.7 cm³/mol. The summed E-state index contributed by atoms with van der Waals surface area (Å²) in [7, 11) is 0. The summed E-state index contributed by atoms with van der Waals surface area (Å²) in [5, 5.41) is 3.17. The summed E-state index contributed by atoms with van der Waals surface area (Å²) in [5.74, 6) is 0.133. The Morgan fingerprint density at radius 3 is 2.88 bits per heavy atom. The van der Waals surface area contributed by atoms with Crippen LogP contribution in [-0.4, -0.2) is 22.0 Å². The van der Waals surface area contributed by atoms with E-state index in [1.165, 1.54) is 0 Å². The van der Waals surface area contributed by atoms with Crippen LogP contribution >= 0.6 is 12.2 Å². The summed E-state index contributed by atoms with van der Waals surface area (Å²) in [6.07, 6.45) is 2.25. The predicted octanol–water partition coefficient (Wildman–Crippen LogP) is 1.46. The fourth-order valence-corrected chi connectivity index (χ4v) is 2.40. The Morgan fingerprint density at radius 1 is 1.47 bits per heavy atom. The smallest absolute Gasteiger partial charge is 0.254 e. The highest BCUT2D eigenvalue weighted by Crippen LogP contribution is 2.37. The number of fused-ring (bicyclic) bond motifs is 1. The minimum absolute atomic E-state index is 0.133. The van der Waals surface area contributed by atoms with E-state index in [9.17, 15) is 4.79 Å². The topological polar surface area (TPSA) is 58.4 Å². The van der Waals surface area contributed by atoms with E-state index >= 15 is 0 Å². The molecule has 17 heavy (non-hydrogen) atoms. The largest absolute Gasteiger partial charge is 0.376 e. The number of hydrogen-bond acceptors (Lipinski definition) is 2. The van der Waals surface area contributed by atoms with Gasteiger partial charge in [-0.3, -0.25) is 4.79 Å². The van der Waals surface area contributed by atoms with E-state index in [2.05, 4.69) is 5.32 Å². The molecule has 0 spiro atoms. The molecule has 1 aliphatic heterocycles. The summed E-state index contributed by atoms with van der Waals surface area (Å²) in [6, 6.07) is 6.06. The minimum atomic E-state index is 0.133. The first-order valence-corrected chi connectivity index (χ1v) is 6.07. The van der Waals surface area contributed by atoms with E-state index < -0.39 is 0 Å². The Kier molecular flexibility index (Phi) is 2.29. The highest BCUT2D eigenvalue weighted by molar-refractivity contribution is 7.80. The van der Waals surface area contributed by atoms with Crippen molar-refractivity contribution in [2.45, 2.75) is 25.4 Å². The monoisotopic (exact) mass is 247 g/mol. The second-order valence-corrected chi connectivity index (χ2v) is 4.92. The Hall–Kier alpha value is -1.62. The molecule has 1 amide bonds. The second kappa shape index (κ2) is 3.70. The van der Waals surface area contributed by atoms with Crippen LogP contribution in [-0.2, 0) is 6.54 Å². The van der Waals surface area contributed by atoms with Crippen molar-refractivity contribution in [1.29, 1.82) is 0 Å². The average Bonchev–Trinajstić information content (AvgIpc) is 3.05. The minimum Gasteiger partial charge on any atom is -0.376 e. The van der Waals surface area contributed by atoms with Gasteiger partial charge in [0.1, 0.15) is 0 Å². The second-order valence-electron chi connectivity index (χ2n) is 4.49. The van der Waals surface area contributed by atoms with Crippen LogP contribution in [0.5, 0.6) is 0 Å². The van der Waals surface area contributed by atoms with Crippen molar-refractivity contribution in [3.63, 3.8) is 0 Å². The normalized spacial score (nSPS) is 18.1. The van der Waals surface area contributed by atoms with Crippen LogP contribution in [0.15, 0.2) is 18.2 Å². The summed E-state index contributed by atoms with van der Waals surface area (Å²) in [5.41, 5.74) is 8.12. The van der Waals surface area contributed by atoms with Crippen LogP contribution in [0.3, 0.4) is 0 Å². The summed E-state index contributed by atoms with van der Waals surface area (Å²) < 4.78 is 0. The van der Waals surface area contributed by atoms with E-state index in [0.29, 0.717) is 12.6 Å². The third-order valence-corrected chi connectivity index (χ3v) is 3.34. The van der Waals surface area contributed by atoms with E-state index in [0.717, 1.165) is 29.7 Å². The summed E-state index contributed by atoms with van der Waals surface area (Å²) in [6.45, 7) is 0.671. The van der Waals surface area contributed by atoms with Gasteiger partial charge in [-0.15, -0.1) is 0 Å². The third kappa shape index (κ3) is 1.76. The zero-order valence-corrected chi connectivity index (χ0v) is 10.1. The van der Waals surface area contributed by atoms with E-state index in [1.54, 1.807) is 0 Å². The Labute approximate surface area is 105 Å². The first kappa shape index (κ1) is 10.5. The molecule has 1 saturated carbocycles. The van der Waals surface area contributed by atoms with Crippen LogP contribution in [0.1, 0.15) is 28.8 Å². The van der Waals surface area contributed by atoms with Crippen molar-refractivity contribution in [2.24, 2.45) is 5.73 Å². The molecule has 2 aliphatic rings. The number of carbonyl (C=O) groups is 1. The number of rotatable bonds is 2. The zero-order chi connectivity index (χ0) is 12.0. The molecule has 1 heterocycles. The fourth-order valence-electron chi connectivity index (χ4n) is 2.29. The molecule has 1 fully saturated rings. The fraction of sp³-hybridized carbons (Fsp3) is 0.333. The first-order chi connectivity index (χ1) is 8.16. The number of hydrogen-bond donors (Lipinski definition) is 2. The van der Waals surface area contributed by atoms with Gasteiger partial charge in [0.05, 0.1) is 0 Å². The maximum absolute atomic E-state index is 12.2. The number of nitrogens with one attached hydrogen (secondary N) is 1.